The standard InChI is InChI=1S/C11H16N2O2/c1-3-10-8(6-15-11(10)14)4-9-5-12-7-13(9)2/h5,7-8,10H,3-4,6H2,1-2H3/t8-,10-/m0/s1/i1D3,2D3,3D2,4D2,6D2,8D,10D. The van der Waals surface area contributed by atoms with Gasteiger partial charge in [0.05, 0.1) is 21.5 Å². The van der Waals surface area contributed by atoms with Crippen molar-refractivity contribution in [1.82, 2.24) is 9.55 Å². The Morgan fingerprint density at radius 1 is 2.00 bits per heavy atom. The molecule has 0 bridgehead atoms. The molecule has 1 aliphatic rings. The van der Waals surface area contributed by atoms with Crippen LogP contribution in [0.2, 0.25) is 0 Å². The third kappa shape index (κ3) is 1.89. The highest BCUT2D eigenvalue weighted by Gasteiger charge is 2.35. The zero-order valence-electron chi connectivity index (χ0n) is 21.4. The fourth-order valence-corrected chi connectivity index (χ4v) is 1.02. The van der Waals surface area contributed by atoms with Gasteiger partial charge in [0.15, 0.2) is 0 Å². The van der Waals surface area contributed by atoms with Crippen molar-refractivity contribution in [3.63, 3.8) is 0 Å². The minimum absolute atomic E-state index is 0.244. The summed E-state index contributed by atoms with van der Waals surface area (Å²) in [6.45, 7) is -10.5. The number of nitrogens with zero attached hydrogens (tertiary/aromatic N) is 2. The van der Waals surface area contributed by atoms with Gasteiger partial charge in [-0.15, -0.1) is 0 Å². The highest BCUT2D eigenvalue weighted by molar-refractivity contribution is 5.74. The largest absolute Gasteiger partial charge is 0.465 e. The second-order valence-electron chi connectivity index (χ2n) is 2.64. The summed E-state index contributed by atoms with van der Waals surface area (Å²) in [6.07, 6.45) is -6.34. The molecule has 0 unspecified atom stereocenters. The molecule has 1 aromatic heterocycles. The Morgan fingerprint density at radius 3 is 3.73 bits per heavy atom. The molecular weight excluding hydrogens is 192 g/mol. The summed E-state index contributed by atoms with van der Waals surface area (Å²) in [6, 6.07) is 0. The van der Waals surface area contributed by atoms with E-state index < -0.39 is 56.6 Å². The topological polar surface area (TPSA) is 44.1 Å². The minimum Gasteiger partial charge on any atom is -0.465 e. The van der Waals surface area contributed by atoms with Crippen molar-refractivity contribution in [1.29, 1.82) is 0 Å². The van der Waals surface area contributed by atoms with Gasteiger partial charge in [-0.25, -0.2) is 4.98 Å². The van der Waals surface area contributed by atoms with E-state index in [4.69, 9.17) is 19.2 Å². The summed E-state index contributed by atoms with van der Waals surface area (Å²) in [4.78, 5) is 15.8. The first-order chi connectivity index (χ1) is 12.6. The van der Waals surface area contributed by atoms with E-state index in [0.29, 0.717) is 12.5 Å². The van der Waals surface area contributed by atoms with Crippen LogP contribution in [0.1, 0.15) is 38.1 Å². The summed E-state index contributed by atoms with van der Waals surface area (Å²) in [5.74, 6) is -9.96. The molecule has 2 heterocycles. The van der Waals surface area contributed by atoms with E-state index in [9.17, 15) is 4.79 Å². The first-order valence-electron chi connectivity index (χ1n) is 10.9. The second kappa shape index (κ2) is 4.04. The Balaban J connectivity index is 2.92. The van der Waals surface area contributed by atoms with E-state index in [2.05, 4.69) is 9.72 Å². The number of rotatable bonds is 3. The third-order valence-electron chi connectivity index (χ3n) is 1.72. The zero-order valence-corrected chi connectivity index (χ0v) is 7.37. The van der Waals surface area contributed by atoms with Crippen molar-refractivity contribution in [2.75, 3.05) is 6.56 Å². The quantitative estimate of drug-likeness (QED) is 0.721. The van der Waals surface area contributed by atoms with Crippen LogP contribution in [0.25, 0.3) is 0 Å². The summed E-state index contributed by atoms with van der Waals surface area (Å²) in [5, 5.41) is 0. The molecule has 4 heteroatoms. The van der Waals surface area contributed by atoms with Gasteiger partial charge in [-0.1, -0.05) is 6.85 Å². The summed E-state index contributed by atoms with van der Waals surface area (Å²) >= 11 is 0. The predicted molar refractivity (Wildman–Crippen MR) is 55.1 cm³/mol. The van der Waals surface area contributed by atoms with Gasteiger partial charge in [0.25, 0.3) is 0 Å². The Hall–Kier alpha value is -1.32. The van der Waals surface area contributed by atoms with Crippen molar-refractivity contribution < 1.29 is 28.7 Å². The molecule has 1 fully saturated rings. The average molecular weight is 222 g/mol. The van der Waals surface area contributed by atoms with Crippen LogP contribution in [-0.2, 0) is 22.9 Å². The van der Waals surface area contributed by atoms with E-state index in [1.165, 1.54) is 0 Å². The number of hydrogen-bond acceptors (Lipinski definition) is 3. The number of carbonyl (C=O) groups is 1. The molecule has 82 valence electrons. The van der Waals surface area contributed by atoms with Gasteiger partial charge in [0.2, 0.25) is 0 Å². The molecule has 2 atom stereocenters. The first-order valence-corrected chi connectivity index (χ1v) is 3.87. The van der Waals surface area contributed by atoms with Gasteiger partial charge in [-0.05, 0) is 12.7 Å². The molecule has 0 amide bonds. The van der Waals surface area contributed by atoms with Crippen LogP contribution in [0.5, 0.6) is 0 Å². The van der Waals surface area contributed by atoms with Crippen LogP contribution >= 0.6 is 0 Å². The number of imidazole rings is 1. The number of carbonyl (C=O) groups excluding carboxylic acids is 1. The molecule has 2 rings (SSSR count). The maximum absolute atomic E-state index is 12.4. The highest BCUT2D eigenvalue weighted by Crippen LogP contribution is 2.27. The van der Waals surface area contributed by atoms with Crippen LogP contribution in [0.15, 0.2) is 12.5 Å². The molecule has 0 N–H and O–H groups in total. The number of aromatic nitrogens is 2. The molecule has 1 saturated heterocycles. The van der Waals surface area contributed by atoms with Crippen LogP contribution in [0, 0.1) is 11.8 Å². The molecule has 1 aliphatic heterocycles. The van der Waals surface area contributed by atoms with E-state index in [-0.39, 0.29) is 4.57 Å². The molecule has 0 spiro atoms. The molecule has 15 heavy (non-hydrogen) atoms. The lowest BCUT2D eigenvalue weighted by Crippen LogP contribution is -2.18. The molecule has 1 aromatic rings. The highest BCUT2D eigenvalue weighted by atomic mass is 16.5. The summed E-state index contributed by atoms with van der Waals surface area (Å²) in [7, 11) is 0. The van der Waals surface area contributed by atoms with Crippen molar-refractivity contribution >= 4 is 5.97 Å². The lowest BCUT2D eigenvalue weighted by Gasteiger charge is -2.12. The third-order valence-corrected chi connectivity index (χ3v) is 1.72. The van der Waals surface area contributed by atoms with E-state index in [1.807, 2.05) is 0 Å². The number of hydrogen-bond donors (Lipinski definition) is 0. The summed E-state index contributed by atoms with van der Waals surface area (Å²) < 4.78 is 114. The lowest BCUT2D eigenvalue weighted by molar-refractivity contribution is -0.141. The fraction of sp³-hybridized carbons (Fsp3) is 0.636. The van der Waals surface area contributed by atoms with Crippen molar-refractivity contribution in [2.45, 2.75) is 19.6 Å². The van der Waals surface area contributed by atoms with E-state index in [0.717, 1.165) is 0 Å². The van der Waals surface area contributed by atoms with Gasteiger partial charge in [0, 0.05) is 41.2 Å². The van der Waals surface area contributed by atoms with Gasteiger partial charge >= 0.3 is 5.97 Å². The Morgan fingerprint density at radius 2 is 2.93 bits per heavy atom. The number of cyclic esters (lactones) is 1. The number of aryl methyl sites for hydroxylation is 1. The van der Waals surface area contributed by atoms with E-state index in [1.54, 1.807) is 0 Å². The first kappa shape index (κ1) is 2.67. The molecule has 0 aliphatic carbocycles. The molecule has 4 nitrogen and oxygen atoms in total. The minimum atomic E-state index is -3.96. The summed E-state index contributed by atoms with van der Waals surface area (Å²) in [5.41, 5.74) is -0.993. The predicted octanol–water partition coefficient (Wildman–Crippen LogP) is 1.16. The molecule has 0 aromatic carbocycles. The lowest BCUT2D eigenvalue weighted by atomic mass is 9.89. The van der Waals surface area contributed by atoms with Crippen LogP contribution < -0.4 is 0 Å². The molecule has 0 radical (unpaired) electrons. The average Bonchev–Trinajstić information content (AvgIpc) is 3.05. The van der Waals surface area contributed by atoms with Gasteiger partial charge < -0.3 is 9.30 Å². The molecule has 0 saturated carbocycles. The SMILES string of the molecule is [2H]C([2H])([2H])n1cncc1C([2H])([2H])[C@@]1([2H])C([2H])([2H])OC(=O)[C@@]1([2H])C([2H])([2H])C([2H])([2H])[2H]. The Labute approximate surface area is 109 Å². The van der Waals surface area contributed by atoms with E-state index >= 15 is 0 Å². The van der Waals surface area contributed by atoms with Gasteiger partial charge in [-0.2, -0.15) is 0 Å². The van der Waals surface area contributed by atoms with Crippen LogP contribution in [0.3, 0.4) is 0 Å². The van der Waals surface area contributed by atoms with Crippen LogP contribution in [-0.4, -0.2) is 22.1 Å². The van der Waals surface area contributed by atoms with Crippen molar-refractivity contribution in [3.8, 4) is 0 Å². The molecular formula is C11H16N2O2. The van der Waals surface area contributed by atoms with Gasteiger partial charge in [-0.3, -0.25) is 4.79 Å². The maximum atomic E-state index is 12.4. The number of ether oxygens (including phenoxy) is 1. The van der Waals surface area contributed by atoms with Crippen LogP contribution in [0.4, 0.5) is 0 Å². The fourth-order valence-electron chi connectivity index (χ4n) is 1.02. The second-order valence-corrected chi connectivity index (χ2v) is 2.64. The maximum Gasteiger partial charge on any atom is 0.309 e. The Kier molecular flexibility index (Phi) is 0.721. The van der Waals surface area contributed by atoms with Crippen molar-refractivity contribution in [2.24, 2.45) is 18.8 Å². The zero-order chi connectivity index (χ0) is 23.1. The smallest absolute Gasteiger partial charge is 0.309 e. The number of esters is 1. The normalized spacial score (nSPS) is 56.1. The monoisotopic (exact) mass is 222 g/mol. The Bertz CT molecular complexity index is 826. The van der Waals surface area contributed by atoms with Crippen molar-refractivity contribution in [3.05, 3.63) is 18.2 Å². The van der Waals surface area contributed by atoms with Gasteiger partial charge in [0.1, 0.15) is 0 Å².